The van der Waals surface area contributed by atoms with Gasteiger partial charge in [0.15, 0.2) is 0 Å². The van der Waals surface area contributed by atoms with Crippen LogP contribution in [0.4, 0.5) is 0 Å². The summed E-state index contributed by atoms with van der Waals surface area (Å²) in [6, 6.07) is 0. The lowest BCUT2D eigenvalue weighted by Crippen LogP contribution is -2.29. The Morgan fingerprint density at radius 2 is 2.25 bits per heavy atom. The van der Waals surface area contributed by atoms with E-state index in [9.17, 15) is 5.11 Å². The first-order valence-electron chi connectivity index (χ1n) is 5.63. The topological polar surface area (TPSA) is 50.1 Å². The summed E-state index contributed by atoms with van der Waals surface area (Å²) in [7, 11) is 1.90. The maximum atomic E-state index is 9.86. The number of hydrogen-bond donors (Lipinski definition) is 2. The van der Waals surface area contributed by atoms with E-state index in [2.05, 4.69) is 33.3 Å². The minimum Gasteiger partial charge on any atom is -0.391 e. The van der Waals surface area contributed by atoms with E-state index in [0.717, 1.165) is 28.8 Å². The molecule has 92 valence electrons. The van der Waals surface area contributed by atoms with E-state index in [1.807, 2.05) is 18.7 Å². The number of halogens is 1. The molecule has 0 fully saturated rings. The molecule has 0 spiro atoms. The number of aryl methyl sites for hydroxylation is 2. The lowest BCUT2D eigenvalue weighted by molar-refractivity contribution is 0.169. The van der Waals surface area contributed by atoms with Gasteiger partial charge in [-0.2, -0.15) is 5.10 Å². The highest BCUT2D eigenvalue weighted by molar-refractivity contribution is 9.10. The molecule has 0 radical (unpaired) electrons. The molecule has 16 heavy (non-hydrogen) atoms. The summed E-state index contributed by atoms with van der Waals surface area (Å²) in [6.45, 7) is 5.64. The van der Waals surface area contributed by atoms with Crippen LogP contribution in [0.1, 0.15) is 24.7 Å². The number of aliphatic hydroxyl groups is 1. The molecule has 0 bridgehead atoms. The summed E-state index contributed by atoms with van der Waals surface area (Å²) in [5.74, 6) is 0. The Morgan fingerprint density at radius 3 is 2.75 bits per heavy atom. The SMILES string of the molecule is CCCNCC(O)Cc1c(Br)c(C)nn1C. The van der Waals surface area contributed by atoms with Gasteiger partial charge in [-0.1, -0.05) is 6.92 Å². The summed E-state index contributed by atoms with van der Waals surface area (Å²) >= 11 is 3.50. The standard InChI is InChI=1S/C11H20BrN3O/c1-4-5-13-7-9(16)6-10-11(12)8(2)14-15(10)3/h9,13,16H,4-7H2,1-3H3. The van der Waals surface area contributed by atoms with Gasteiger partial charge in [0.25, 0.3) is 0 Å². The zero-order chi connectivity index (χ0) is 12.1. The van der Waals surface area contributed by atoms with Crippen LogP contribution in [0.2, 0.25) is 0 Å². The molecular formula is C11H20BrN3O. The minimum atomic E-state index is -0.363. The molecule has 1 heterocycles. The van der Waals surface area contributed by atoms with Gasteiger partial charge in [0.05, 0.1) is 22.0 Å². The van der Waals surface area contributed by atoms with Crippen molar-refractivity contribution in [2.45, 2.75) is 32.8 Å². The molecular weight excluding hydrogens is 270 g/mol. The van der Waals surface area contributed by atoms with E-state index in [4.69, 9.17) is 0 Å². The number of nitrogens with zero attached hydrogens (tertiary/aromatic N) is 2. The van der Waals surface area contributed by atoms with Crippen LogP contribution in [0.5, 0.6) is 0 Å². The predicted octanol–water partition coefficient (Wildman–Crippen LogP) is 1.39. The highest BCUT2D eigenvalue weighted by Gasteiger charge is 2.14. The van der Waals surface area contributed by atoms with Gasteiger partial charge in [0.1, 0.15) is 0 Å². The van der Waals surface area contributed by atoms with E-state index in [1.165, 1.54) is 0 Å². The first-order chi connectivity index (χ1) is 7.56. The Balaban J connectivity index is 2.52. The minimum absolute atomic E-state index is 0.363. The van der Waals surface area contributed by atoms with Gasteiger partial charge in [-0.25, -0.2) is 0 Å². The molecule has 5 heteroatoms. The van der Waals surface area contributed by atoms with Crippen molar-refractivity contribution in [3.05, 3.63) is 15.9 Å². The van der Waals surface area contributed by atoms with Crippen LogP contribution < -0.4 is 5.32 Å². The number of aliphatic hydroxyl groups excluding tert-OH is 1. The summed E-state index contributed by atoms with van der Waals surface area (Å²) in [5, 5.41) is 17.4. The van der Waals surface area contributed by atoms with Crippen molar-refractivity contribution in [3.8, 4) is 0 Å². The molecule has 0 aromatic carbocycles. The van der Waals surface area contributed by atoms with Crippen molar-refractivity contribution in [2.24, 2.45) is 7.05 Å². The lowest BCUT2D eigenvalue weighted by atomic mass is 10.2. The molecule has 0 aliphatic heterocycles. The molecule has 0 saturated carbocycles. The first-order valence-corrected chi connectivity index (χ1v) is 6.42. The summed E-state index contributed by atoms with van der Waals surface area (Å²) in [4.78, 5) is 0. The van der Waals surface area contributed by atoms with E-state index in [-0.39, 0.29) is 6.10 Å². The Morgan fingerprint density at radius 1 is 1.56 bits per heavy atom. The molecule has 2 N–H and O–H groups in total. The van der Waals surface area contributed by atoms with E-state index < -0.39 is 0 Å². The van der Waals surface area contributed by atoms with Crippen LogP contribution in [0.15, 0.2) is 4.47 Å². The third-order valence-corrected chi connectivity index (χ3v) is 3.53. The Labute approximate surface area is 105 Å². The van der Waals surface area contributed by atoms with Crippen LogP contribution in [-0.2, 0) is 13.5 Å². The van der Waals surface area contributed by atoms with E-state index >= 15 is 0 Å². The molecule has 1 atom stereocenters. The van der Waals surface area contributed by atoms with Gasteiger partial charge in [-0.3, -0.25) is 4.68 Å². The predicted molar refractivity (Wildman–Crippen MR) is 68.5 cm³/mol. The monoisotopic (exact) mass is 289 g/mol. The second-order valence-electron chi connectivity index (χ2n) is 4.03. The molecule has 1 rings (SSSR count). The maximum absolute atomic E-state index is 9.86. The fourth-order valence-corrected chi connectivity index (χ4v) is 2.14. The van der Waals surface area contributed by atoms with Crippen molar-refractivity contribution in [1.29, 1.82) is 0 Å². The van der Waals surface area contributed by atoms with Crippen molar-refractivity contribution in [1.82, 2.24) is 15.1 Å². The molecule has 0 amide bonds. The van der Waals surface area contributed by atoms with E-state index in [0.29, 0.717) is 13.0 Å². The van der Waals surface area contributed by atoms with Crippen molar-refractivity contribution in [2.75, 3.05) is 13.1 Å². The highest BCUT2D eigenvalue weighted by atomic mass is 79.9. The third-order valence-electron chi connectivity index (χ3n) is 2.50. The third kappa shape index (κ3) is 3.57. The Bertz CT molecular complexity index is 338. The van der Waals surface area contributed by atoms with Gasteiger partial charge < -0.3 is 10.4 Å². The van der Waals surface area contributed by atoms with Crippen LogP contribution in [-0.4, -0.2) is 34.1 Å². The van der Waals surface area contributed by atoms with Crippen molar-refractivity contribution < 1.29 is 5.11 Å². The zero-order valence-electron chi connectivity index (χ0n) is 10.1. The van der Waals surface area contributed by atoms with Crippen LogP contribution in [0, 0.1) is 6.92 Å². The Hall–Kier alpha value is -0.390. The van der Waals surface area contributed by atoms with Crippen LogP contribution in [0.25, 0.3) is 0 Å². The van der Waals surface area contributed by atoms with Gasteiger partial charge >= 0.3 is 0 Å². The first kappa shape index (κ1) is 13.7. The van der Waals surface area contributed by atoms with Crippen molar-refractivity contribution >= 4 is 15.9 Å². The zero-order valence-corrected chi connectivity index (χ0v) is 11.7. The summed E-state index contributed by atoms with van der Waals surface area (Å²) in [6.07, 6.45) is 1.34. The lowest BCUT2D eigenvalue weighted by Gasteiger charge is -2.11. The van der Waals surface area contributed by atoms with Gasteiger partial charge in [-0.15, -0.1) is 0 Å². The normalized spacial score (nSPS) is 13.1. The highest BCUT2D eigenvalue weighted by Crippen LogP contribution is 2.21. The van der Waals surface area contributed by atoms with Crippen molar-refractivity contribution in [3.63, 3.8) is 0 Å². The molecule has 1 aromatic heterocycles. The molecule has 1 aromatic rings. The fourth-order valence-electron chi connectivity index (χ4n) is 1.64. The summed E-state index contributed by atoms with van der Waals surface area (Å²) in [5.41, 5.74) is 2.01. The number of rotatable bonds is 6. The van der Waals surface area contributed by atoms with E-state index in [1.54, 1.807) is 0 Å². The number of aromatic nitrogens is 2. The second-order valence-corrected chi connectivity index (χ2v) is 4.82. The van der Waals surface area contributed by atoms with Crippen LogP contribution >= 0.6 is 15.9 Å². The van der Waals surface area contributed by atoms with Gasteiger partial charge in [0.2, 0.25) is 0 Å². The Kier molecular flexibility index (Phi) is 5.44. The van der Waals surface area contributed by atoms with Crippen LogP contribution in [0.3, 0.4) is 0 Å². The number of nitrogens with one attached hydrogen (secondary N) is 1. The quantitative estimate of drug-likeness (QED) is 0.779. The molecule has 1 unspecified atom stereocenters. The van der Waals surface area contributed by atoms with Gasteiger partial charge in [0, 0.05) is 20.0 Å². The van der Waals surface area contributed by atoms with Gasteiger partial charge in [-0.05, 0) is 35.8 Å². The molecule has 0 aliphatic rings. The number of hydrogen-bond acceptors (Lipinski definition) is 3. The fraction of sp³-hybridized carbons (Fsp3) is 0.727. The maximum Gasteiger partial charge on any atom is 0.0738 e. The smallest absolute Gasteiger partial charge is 0.0738 e. The average molecular weight is 290 g/mol. The largest absolute Gasteiger partial charge is 0.391 e. The second kappa shape index (κ2) is 6.37. The summed E-state index contributed by atoms with van der Waals surface area (Å²) < 4.78 is 2.83. The molecule has 0 saturated heterocycles. The molecule has 0 aliphatic carbocycles. The average Bonchev–Trinajstić information content (AvgIpc) is 2.46. The molecule has 4 nitrogen and oxygen atoms in total.